The number of hydrogen-bond acceptors (Lipinski definition) is 5. The van der Waals surface area contributed by atoms with Crippen molar-refractivity contribution in [2.24, 2.45) is 0 Å². The second-order valence-corrected chi connectivity index (χ2v) is 7.22. The normalized spacial score (nSPS) is 13.5. The molecule has 0 spiro atoms. The average Bonchev–Trinajstić information content (AvgIpc) is 2.60. The van der Waals surface area contributed by atoms with Gasteiger partial charge in [0.1, 0.15) is 11.4 Å². The molecule has 1 N–H and O–H groups in total. The summed E-state index contributed by atoms with van der Waals surface area (Å²) in [6.45, 7) is 5.94. The van der Waals surface area contributed by atoms with E-state index in [0.29, 0.717) is 23.7 Å². The molecular weight excluding hydrogens is 346 g/mol. The highest BCUT2D eigenvalue weighted by molar-refractivity contribution is 5.98. The van der Waals surface area contributed by atoms with Crippen molar-refractivity contribution < 1.29 is 19.1 Å². The van der Waals surface area contributed by atoms with Crippen molar-refractivity contribution in [2.75, 3.05) is 16.8 Å². The van der Waals surface area contributed by atoms with Gasteiger partial charge < -0.3 is 9.47 Å². The van der Waals surface area contributed by atoms with E-state index in [9.17, 15) is 9.59 Å². The zero-order chi connectivity index (χ0) is 19.4. The molecule has 2 amide bonds. The summed E-state index contributed by atoms with van der Waals surface area (Å²) in [4.78, 5) is 30.8. The molecule has 2 heterocycles. The van der Waals surface area contributed by atoms with Gasteiger partial charge in [-0.05, 0) is 51.8 Å². The first-order valence-corrected chi connectivity index (χ1v) is 8.86. The van der Waals surface area contributed by atoms with Crippen molar-refractivity contribution in [3.05, 3.63) is 48.3 Å². The predicted octanol–water partition coefficient (Wildman–Crippen LogP) is 4.38. The van der Waals surface area contributed by atoms with E-state index >= 15 is 0 Å². The molecule has 0 atom stereocenters. The first-order chi connectivity index (χ1) is 12.8. The summed E-state index contributed by atoms with van der Waals surface area (Å²) in [5.74, 6) is 0.432. The van der Waals surface area contributed by atoms with Crippen LogP contribution in [0.3, 0.4) is 0 Å². The Morgan fingerprint density at radius 2 is 1.89 bits per heavy atom. The molecule has 7 nitrogen and oxygen atoms in total. The maximum atomic E-state index is 12.6. The van der Waals surface area contributed by atoms with Gasteiger partial charge in [-0.25, -0.2) is 9.59 Å². The van der Waals surface area contributed by atoms with Gasteiger partial charge in [-0.15, -0.1) is 0 Å². The number of nitrogens with one attached hydrogen (secondary N) is 1. The maximum absolute atomic E-state index is 12.6. The van der Waals surface area contributed by atoms with Gasteiger partial charge in [0.15, 0.2) is 0 Å². The SMILES string of the molecule is CC(C)(C)OC(=O)N1CCCc2nccc(NC(=O)Oc3ccccc3)c21. The van der Waals surface area contributed by atoms with Gasteiger partial charge in [-0.3, -0.25) is 15.2 Å². The van der Waals surface area contributed by atoms with Crippen molar-refractivity contribution in [1.82, 2.24) is 4.98 Å². The van der Waals surface area contributed by atoms with Gasteiger partial charge in [0, 0.05) is 12.7 Å². The standard InChI is InChI=1S/C20H23N3O4/c1-20(2,3)27-19(25)23-13-7-10-15-17(23)16(11-12-21-15)22-18(24)26-14-8-5-4-6-9-14/h4-6,8-9,11-12H,7,10,13H2,1-3H3,(H,21,22,24). The number of carbonyl (C=O) groups excluding carboxylic acids is 2. The van der Waals surface area contributed by atoms with Gasteiger partial charge in [-0.1, -0.05) is 18.2 Å². The van der Waals surface area contributed by atoms with Crippen molar-refractivity contribution >= 4 is 23.6 Å². The number of para-hydroxylation sites is 1. The molecule has 2 aromatic rings. The van der Waals surface area contributed by atoms with Crippen LogP contribution < -0.4 is 15.0 Å². The molecule has 0 bridgehead atoms. The van der Waals surface area contributed by atoms with Gasteiger partial charge in [-0.2, -0.15) is 0 Å². The third kappa shape index (κ3) is 4.75. The molecule has 27 heavy (non-hydrogen) atoms. The quantitative estimate of drug-likeness (QED) is 0.850. The van der Waals surface area contributed by atoms with Gasteiger partial charge in [0.05, 0.1) is 17.1 Å². The summed E-state index contributed by atoms with van der Waals surface area (Å²) < 4.78 is 10.8. The third-order valence-electron chi connectivity index (χ3n) is 3.87. The van der Waals surface area contributed by atoms with Gasteiger partial charge in [0.25, 0.3) is 0 Å². The van der Waals surface area contributed by atoms with E-state index in [-0.39, 0.29) is 0 Å². The van der Waals surface area contributed by atoms with Crippen molar-refractivity contribution in [2.45, 2.75) is 39.2 Å². The van der Waals surface area contributed by atoms with Crippen LogP contribution in [0, 0.1) is 0 Å². The Morgan fingerprint density at radius 1 is 1.15 bits per heavy atom. The Hall–Kier alpha value is -3.09. The van der Waals surface area contributed by atoms with Crippen LogP contribution in [-0.4, -0.2) is 29.3 Å². The minimum Gasteiger partial charge on any atom is -0.443 e. The lowest BCUT2D eigenvalue weighted by Gasteiger charge is -2.32. The molecule has 1 aliphatic rings. The smallest absolute Gasteiger partial charge is 0.417 e. The van der Waals surface area contributed by atoms with Crippen LogP contribution in [0.1, 0.15) is 32.9 Å². The number of carbonyl (C=O) groups is 2. The molecule has 0 unspecified atom stereocenters. The summed E-state index contributed by atoms with van der Waals surface area (Å²) in [6, 6.07) is 10.4. The van der Waals surface area contributed by atoms with E-state index in [1.807, 2.05) is 26.8 Å². The number of fused-ring (bicyclic) bond motifs is 1. The fourth-order valence-corrected chi connectivity index (χ4v) is 2.83. The summed E-state index contributed by atoms with van der Waals surface area (Å²) in [5.41, 5.74) is 1.15. The number of aromatic nitrogens is 1. The molecule has 0 radical (unpaired) electrons. The second-order valence-electron chi connectivity index (χ2n) is 7.22. The number of rotatable bonds is 2. The van der Waals surface area contributed by atoms with Crippen LogP contribution in [0.2, 0.25) is 0 Å². The van der Waals surface area contributed by atoms with Crippen LogP contribution in [0.25, 0.3) is 0 Å². The van der Waals surface area contributed by atoms with Crippen LogP contribution in [0.5, 0.6) is 5.75 Å². The van der Waals surface area contributed by atoms with E-state index in [4.69, 9.17) is 9.47 Å². The van der Waals surface area contributed by atoms with E-state index in [1.165, 1.54) is 4.90 Å². The van der Waals surface area contributed by atoms with E-state index in [2.05, 4.69) is 10.3 Å². The largest absolute Gasteiger partial charge is 0.443 e. The molecule has 0 aliphatic carbocycles. The minimum atomic E-state index is -0.635. The maximum Gasteiger partial charge on any atom is 0.417 e. The molecule has 142 valence electrons. The Kier molecular flexibility index (Phi) is 5.30. The highest BCUT2D eigenvalue weighted by atomic mass is 16.6. The lowest BCUT2D eigenvalue weighted by molar-refractivity contribution is 0.0577. The Bertz CT molecular complexity index is 831. The molecule has 0 saturated heterocycles. The monoisotopic (exact) mass is 369 g/mol. The van der Waals surface area contributed by atoms with Crippen LogP contribution >= 0.6 is 0 Å². The Labute approximate surface area is 158 Å². The zero-order valence-corrected chi connectivity index (χ0v) is 15.7. The molecule has 0 saturated carbocycles. The Morgan fingerprint density at radius 3 is 2.59 bits per heavy atom. The number of aryl methyl sites for hydroxylation is 1. The first kappa shape index (κ1) is 18.7. The highest BCUT2D eigenvalue weighted by Gasteiger charge is 2.30. The van der Waals surface area contributed by atoms with Crippen LogP contribution in [0.4, 0.5) is 21.0 Å². The number of nitrogens with zero attached hydrogens (tertiary/aromatic N) is 2. The third-order valence-corrected chi connectivity index (χ3v) is 3.87. The zero-order valence-electron chi connectivity index (χ0n) is 15.7. The highest BCUT2D eigenvalue weighted by Crippen LogP contribution is 2.34. The second kappa shape index (κ2) is 7.65. The number of anilines is 2. The number of ether oxygens (including phenoxy) is 2. The molecule has 7 heteroatoms. The van der Waals surface area contributed by atoms with Crippen molar-refractivity contribution in [1.29, 1.82) is 0 Å². The van der Waals surface area contributed by atoms with Gasteiger partial charge >= 0.3 is 12.2 Å². The lowest BCUT2D eigenvalue weighted by atomic mass is 10.1. The van der Waals surface area contributed by atoms with E-state index in [0.717, 1.165) is 18.5 Å². The molecular formula is C20H23N3O4. The van der Waals surface area contributed by atoms with Gasteiger partial charge in [0.2, 0.25) is 0 Å². The van der Waals surface area contributed by atoms with Crippen molar-refractivity contribution in [3.63, 3.8) is 0 Å². The fraction of sp³-hybridized carbons (Fsp3) is 0.350. The molecule has 1 aliphatic heterocycles. The van der Waals surface area contributed by atoms with Crippen LogP contribution in [-0.2, 0) is 11.2 Å². The molecule has 3 rings (SSSR count). The number of amides is 2. The summed E-state index contributed by atoms with van der Waals surface area (Å²) in [5, 5.41) is 2.72. The summed E-state index contributed by atoms with van der Waals surface area (Å²) >= 11 is 0. The predicted molar refractivity (Wildman–Crippen MR) is 102 cm³/mol. The first-order valence-electron chi connectivity index (χ1n) is 8.86. The van der Waals surface area contributed by atoms with Crippen LogP contribution in [0.15, 0.2) is 42.6 Å². The van der Waals surface area contributed by atoms with Crippen molar-refractivity contribution in [3.8, 4) is 5.75 Å². The average molecular weight is 369 g/mol. The molecule has 1 aromatic carbocycles. The van der Waals surface area contributed by atoms with E-state index < -0.39 is 17.8 Å². The fourth-order valence-electron chi connectivity index (χ4n) is 2.83. The number of pyridine rings is 1. The number of benzene rings is 1. The Balaban J connectivity index is 1.83. The molecule has 0 fully saturated rings. The van der Waals surface area contributed by atoms with E-state index in [1.54, 1.807) is 36.5 Å². The molecule has 1 aromatic heterocycles. The topological polar surface area (TPSA) is 80.8 Å². The lowest BCUT2D eigenvalue weighted by Crippen LogP contribution is -2.40. The minimum absolute atomic E-state index is 0.432. The number of hydrogen-bond donors (Lipinski definition) is 1. The summed E-state index contributed by atoms with van der Waals surface area (Å²) in [6.07, 6.45) is 2.00. The summed E-state index contributed by atoms with van der Waals surface area (Å²) in [7, 11) is 0.